The van der Waals surface area contributed by atoms with Gasteiger partial charge in [-0.15, -0.1) is 0 Å². The molecule has 0 N–H and O–H groups in total. The Bertz CT molecular complexity index is 1190. The minimum Gasteiger partial charge on any atom is -0.497 e. The Hall–Kier alpha value is -3.43. The Morgan fingerprint density at radius 1 is 1.12 bits per heavy atom. The van der Waals surface area contributed by atoms with E-state index in [4.69, 9.17) is 14.2 Å². The number of fused-ring (bicyclic) bond motifs is 1. The van der Waals surface area contributed by atoms with Crippen molar-refractivity contribution in [3.05, 3.63) is 52.1 Å². The summed E-state index contributed by atoms with van der Waals surface area (Å²) in [5.74, 6) is -0.746. The second kappa shape index (κ2) is 8.97. The van der Waals surface area contributed by atoms with Gasteiger partial charge in [0.25, 0.3) is 5.56 Å². The number of carbonyl (C=O) groups is 1. The van der Waals surface area contributed by atoms with Crippen LogP contribution in [0.3, 0.4) is 0 Å². The first-order valence-corrected chi connectivity index (χ1v) is 9.91. The number of aromatic nitrogens is 2. The second-order valence-electron chi connectivity index (χ2n) is 6.95. The van der Waals surface area contributed by atoms with E-state index in [9.17, 15) is 22.8 Å². The van der Waals surface area contributed by atoms with E-state index in [1.54, 1.807) is 37.3 Å². The van der Waals surface area contributed by atoms with Gasteiger partial charge in [-0.1, -0.05) is 6.92 Å². The molecule has 0 aliphatic rings. The first-order valence-electron chi connectivity index (χ1n) is 9.91. The van der Waals surface area contributed by atoms with Crippen molar-refractivity contribution in [2.75, 3.05) is 20.3 Å². The number of benzene rings is 1. The number of nitrogens with zero attached hydrogens (tertiary/aromatic N) is 2. The van der Waals surface area contributed by atoms with Crippen molar-refractivity contribution in [3.8, 4) is 17.2 Å². The van der Waals surface area contributed by atoms with Gasteiger partial charge in [0.2, 0.25) is 0 Å². The maximum atomic E-state index is 13.6. The van der Waals surface area contributed by atoms with E-state index < -0.39 is 30.1 Å². The number of aryl methyl sites for hydroxylation is 2. The molecule has 0 bridgehead atoms. The Kier molecular flexibility index (Phi) is 6.52. The molecular weight excluding hydrogens is 429 g/mol. The van der Waals surface area contributed by atoms with E-state index in [2.05, 4.69) is 0 Å². The van der Waals surface area contributed by atoms with Gasteiger partial charge in [-0.3, -0.25) is 9.36 Å². The van der Waals surface area contributed by atoms with Crippen LogP contribution in [0.25, 0.3) is 16.6 Å². The first-order chi connectivity index (χ1) is 15.1. The fourth-order valence-electron chi connectivity index (χ4n) is 3.51. The van der Waals surface area contributed by atoms with Gasteiger partial charge >= 0.3 is 12.1 Å². The van der Waals surface area contributed by atoms with Crippen molar-refractivity contribution in [1.82, 2.24) is 9.13 Å². The number of hydrogen-bond donors (Lipinski definition) is 0. The predicted octanol–water partition coefficient (Wildman–Crippen LogP) is 4.02. The molecule has 2 aromatic heterocycles. The normalized spacial score (nSPS) is 11.6. The van der Waals surface area contributed by atoms with Gasteiger partial charge in [-0.2, -0.15) is 13.2 Å². The number of carbonyl (C=O) groups excluding carboxylic acids is 1. The summed E-state index contributed by atoms with van der Waals surface area (Å²) in [6.07, 6.45) is -4.21. The van der Waals surface area contributed by atoms with Gasteiger partial charge in [-0.05, 0) is 43.7 Å². The van der Waals surface area contributed by atoms with E-state index in [1.165, 1.54) is 23.3 Å². The molecule has 0 saturated carbocycles. The Morgan fingerprint density at radius 3 is 2.31 bits per heavy atom. The quantitative estimate of drug-likeness (QED) is 0.507. The van der Waals surface area contributed by atoms with Crippen molar-refractivity contribution >= 4 is 16.9 Å². The van der Waals surface area contributed by atoms with Crippen LogP contribution < -0.4 is 15.0 Å². The number of esters is 1. The molecule has 7 nitrogen and oxygen atoms in total. The zero-order valence-electron chi connectivity index (χ0n) is 18.1. The van der Waals surface area contributed by atoms with E-state index in [0.29, 0.717) is 23.6 Å². The average Bonchev–Trinajstić information content (AvgIpc) is 3.04. The lowest BCUT2D eigenvalue weighted by Gasteiger charge is -2.14. The number of rotatable bonds is 7. The van der Waals surface area contributed by atoms with Crippen LogP contribution in [0.5, 0.6) is 11.5 Å². The molecule has 1 aromatic carbocycles. The lowest BCUT2D eigenvalue weighted by molar-refractivity contribution is -0.153. The smallest absolute Gasteiger partial charge is 0.422 e. The van der Waals surface area contributed by atoms with Gasteiger partial charge in [0.05, 0.1) is 19.2 Å². The maximum absolute atomic E-state index is 13.6. The molecule has 0 saturated heterocycles. The summed E-state index contributed by atoms with van der Waals surface area (Å²) < 4.78 is 56.6. The van der Waals surface area contributed by atoms with Crippen molar-refractivity contribution in [2.24, 2.45) is 7.05 Å². The van der Waals surface area contributed by atoms with Crippen LogP contribution in [0.1, 0.15) is 30.0 Å². The summed E-state index contributed by atoms with van der Waals surface area (Å²) in [7, 11) is 2.99. The Morgan fingerprint density at radius 2 is 1.78 bits per heavy atom. The van der Waals surface area contributed by atoms with Crippen LogP contribution >= 0.6 is 0 Å². The largest absolute Gasteiger partial charge is 0.497 e. The summed E-state index contributed by atoms with van der Waals surface area (Å²) in [6.45, 7) is 1.77. The molecule has 0 fully saturated rings. The van der Waals surface area contributed by atoms with E-state index >= 15 is 0 Å². The minimum absolute atomic E-state index is 0.00929. The number of ether oxygens (including phenoxy) is 3. The highest BCUT2D eigenvalue weighted by Crippen LogP contribution is 2.33. The van der Waals surface area contributed by atoms with E-state index in [-0.39, 0.29) is 23.2 Å². The summed E-state index contributed by atoms with van der Waals surface area (Å²) in [5.41, 5.74) is 0.520. The molecule has 3 rings (SSSR count). The van der Waals surface area contributed by atoms with Crippen molar-refractivity contribution in [1.29, 1.82) is 0 Å². The van der Waals surface area contributed by atoms with Gasteiger partial charge < -0.3 is 18.8 Å². The molecule has 10 heteroatoms. The molecule has 172 valence electrons. The number of methoxy groups -OCH3 is 1. The molecule has 32 heavy (non-hydrogen) atoms. The Balaban J connectivity index is 2.34. The third-order valence-corrected chi connectivity index (χ3v) is 4.94. The SMILES string of the molecule is CCOC(=O)c1c(OCC(F)(F)F)c2c(=O)n(-c3ccc(OC)cc3)c(CC)cc2n1C. The van der Waals surface area contributed by atoms with Crippen molar-refractivity contribution < 1.29 is 32.2 Å². The highest BCUT2D eigenvalue weighted by Gasteiger charge is 2.33. The highest BCUT2D eigenvalue weighted by molar-refractivity contribution is 6.01. The third kappa shape index (κ3) is 4.30. The van der Waals surface area contributed by atoms with Crippen molar-refractivity contribution in [3.63, 3.8) is 0 Å². The van der Waals surface area contributed by atoms with Crippen molar-refractivity contribution in [2.45, 2.75) is 26.4 Å². The lowest BCUT2D eigenvalue weighted by atomic mass is 10.2. The van der Waals surface area contributed by atoms with E-state index in [1.807, 2.05) is 6.92 Å². The number of halogens is 3. The molecule has 0 atom stereocenters. The van der Waals surface area contributed by atoms with Crippen LogP contribution in [0.2, 0.25) is 0 Å². The molecule has 2 heterocycles. The fraction of sp³-hybridized carbons (Fsp3) is 0.364. The predicted molar refractivity (Wildman–Crippen MR) is 112 cm³/mol. The molecule has 0 amide bonds. The van der Waals surface area contributed by atoms with Gasteiger partial charge in [-0.25, -0.2) is 4.79 Å². The maximum Gasteiger partial charge on any atom is 0.422 e. The Labute approximate surface area is 181 Å². The first kappa shape index (κ1) is 23.2. The molecule has 0 spiro atoms. The monoisotopic (exact) mass is 452 g/mol. The third-order valence-electron chi connectivity index (χ3n) is 4.94. The molecule has 0 aliphatic heterocycles. The van der Waals surface area contributed by atoms with Gasteiger partial charge in [0.15, 0.2) is 18.1 Å². The molecule has 0 aliphatic carbocycles. The van der Waals surface area contributed by atoms with Crippen LogP contribution in [-0.4, -0.2) is 41.6 Å². The summed E-state index contributed by atoms with van der Waals surface area (Å²) >= 11 is 0. The van der Waals surface area contributed by atoms with Gasteiger partial charge in [0, 0.05) is 18.4 Å². The minimum atomic E-state index is -4.66. The van der Waals surface area contributed by atoms with Crippen LogP contribution in [0.4, 0.5) is 13.2 Å². The molecule has 3 aromatic rings. The summed E-state index contributed by atoms with van der Waals surface area (Å²) in [4.78, 5) is 26.1. The fourth-order valence-corrected chi connectivity index (χ4v) is 3.51. The standard InChI is InChI=1S/C22H23F3N2O5/c1-5-13-11-16-17(20(28)27(13)14-7-9-15(30-4)10-8-14)19(32-12-22(23,24)25)18(26(16)3)21(29)31-6-2/h7-11H,5-6,12H2,1-4H3. The average molecular weight is 452 g/mol. The number of pyridine rings is 1. The summed E-state index contributed by atoms with van der Waals surface area (Å²) in [6, 6.07) is 8.32. The van der Waals surface area contributed by atoms with Crippen LogP contribution in [0, 0.1) is 0 Å². The second-order valence-corrected chi connectivity index (χ2v) is 6.95. The topological polar surface area (TPSA) is 71.7 Å². The van der Waals surface area contributed by atoms with E-state index in [0.717, 1.165) is 0 Å². The zero-order chi connectivity index (χ0) is 23.6. The zero-order valence-corrected chi connectivity index (χ0v) is 18.1. The summed E-state index contributed by atoms with van der Waals surface area (Å²) in [5, 5.41) is -0.132. The van der Waals surface area contributed by atoms with Gasteiger partial charge in [0.1, 0.15) is 11.1 Å². The number of alkyl halides is 3. The lowest BCUT2D eigenvalue weighted by Crippen LogP contribution is -2.23. The van der Waals surface area contributed by atoms with Crippen LogP contribution in [-0.2, 0) is 18.2 Å². The number of hydrogen-bond acceptors (Lipinski definition) is 5. The van der Waals surface area contributed by atoms with Crippen LogP contribution in [0.15, 0.2) is 35.1 Å². The molecular formula is C22H23F3N2O5. The molecule has 0 radical (unpaired) electrons. The highest BCUT2D eigenvalue weighted by atomic mass is 19.4. The molecule has 0 unspecified atom stereocenters.